The van der Waals surface area contributed by atoms with Gasteiger partial charge in [-0.05, 0) is 35.1 Å². The van der Waals surface area contributed by atoms with E-state index in [9.17, 15) is 0 Å². The predicted octanol–water partition coefficient (Wildman–Crippen LogP) is 3.99. The van der Waals surface area contributed by atoms with E-state index in [0.717, 1.165) is 13.0 Å². The summed E-state index contributed by atoms with van der Waals surface area (Å²) in [7, 11) is 0. The molecule has 0 radical (unpaired) electrons. The summed E-state index contributed by atoms with van der Waals surface area (Å²) in [4.78, 5) is 2.43. The highest BCUT2D eigenvalue weighted by atomic mass is 15.2. The fourth-order valence-electron chi connectivity index (χ4n) is 3.35. The van der Waals surface area contributed by atoms with Crippen LogP contribution in [0.4, 0.5) is 11.4 Å². The van der Waals surface area contributed by atoms with Crippen LogP contribution in [-0.4, -0.2) is 6.54 Å². The first-order valence-electron chi connectivity index (χ1n) is 7.44. The van der Waals surface area contributed by atoms with E-state index in [-0.39, 0.29) is 0 Å². The van der Waals surface area contributed by atoms with Crippen molar-refractivity contribution in [3.63, 3.8) is 0 Å². The zero-order valence-corrected chi connectivity index (χ0v) is 11.9. The van der Waals surface area contributed by atoms with Crippen LogP contribution in [0.1, 0.15) is 11.1 Å². The molecule has 1 aliphatic heterocycles. The van der Waals surface area contributed by atoms with E-state index in [2.05, 4.69) is 65.6 Å². The van der Waals surface area contributed by atoms with Gasteiger partial charge in [0.1, 0.15) is 0 Å². The molecular weight excluding hydrogens is 256 g/mol. The molecule has 2 heteroatoms. The van der Waals surface area contributed by atoms with Gasteiger partial charge in [0, 0.05) is 29.9 Å². The van der Waals surface area contributed by atoms with Crippen molar-refractivity contribution >= 4 is 22.1 Å². The van der Waals surface area contributed by atoms with Gasteiger partial charge in [0.05, 0.1) is 0 Å². The summed E-state index contributed by atoms with van der Waals surface area (Å²) in [6, 6.07) is 21.6. The van der Waals surface area contributed by atoms with Crippen molar-refractivity contribution in [1.29, 1.82) is 0 Å². The topological polar surface area (TPSA) is 29.3 Å². The van der Waals surface area contributed by atoms with Crippen molar-refractivity contribution in [3.8, 4) is 0 Å². The lowest BCUT2D eigenvalue weighted by molar-refractivity contribution is 1.00. The molecule has 0 atom stereocenters. The van der Waals surface area contributed by atoms with Crippen LogP contribution >= 0.6 is 0 Å². The van der Waals surface area contributed by atoms with E-state index in [0.29, 0.717) is 6.54 Å². The number of benzene rings is 3. The number of rotatable bonds is 2. The lowest BCUT2D eigenvalue weighted by atomic mass is 10.0. The summed E-state index contributed by atoms with van der Waals surface area (Å²) in [6.45, 7) is 1.63. The van der Waals surface area contributed by atoms with Crippen LogP contribution in [0, 0.1) is 0 Å². The van der Waals surface area contributed by atoms with Gasteiger partial charge in [-0.3, -0.25) is 0 Å². The first kappa shape index (κ1) is 12.4. The van der Waals surface area contributed by atoms with Gasteiger partial charge in [-0.2, -0.15) is 0 Å². The van der Waals surface area contributed by atoms with Gasteiger partial charge in [0.15, 0.2) is 0 Å². The predicted molar refractivity (Wildman–Crippen MR) is 89.0 cm³/mol. The summed E-state index contributed by atoms with van der Waals surface area (Å²) in [5.74, 6) is 0. The molecule has 1 aliphatic rings. The second kappa shape index (κ2) is 4.90. The largest absolute Gasteiger partial charge is 0.340 e. The van der Waals surface area contributed by atoms with E-state index in [1.54, 1.807) is 0 Å². The van der Waals surface area contributed by atoms with Gasteiger partial charge >= 0.3 is 0 Å². The molecule has 0 aromatic heterocycles. The number of para-hydroxylation sites is 1. The molecule has 0 spiro atoms. The molecule has 2 N–H and O–H groups in total. The van der Waals surface area contributed by atoms with Crippen molar-refractivity contribution < 1.29 is 0 Å². The number of anilines is 2. The van der Waals surface area contributed by atoms with Crippen molar-refractivity contribution in [1.82, 2.24) is 0 Å². The Morgan fingerprint density at radius 1 is 0.810 bits per heavy atom. The fraction of sp³-hybridized carbons (Fsp3) is 0.158. The maximum absolute atomic E-state index is 5.88. The van der Waals surface area contributed by atoms with E-state index in [1.165, 1.54) is 33.3 Å². The molecule has 3 aromatic carbocycles. The number of nitrogens with zero attached hydrogens (tertiary/aromatic N) is 1. The maximum atomic E-state index is 5.88. The molecule has 2 nitrogen and oxygen atoms in total. The van der Waals surface area contributed by atoms with Crippen LogP contribution in [-0.2, 0) is 13.0 Å². The van der Waals surface area contributed by atoms with Crippen LogP contribution in [0.2, 0.25) is 0 Å². The Hall–Kier alpha value is -2.32. The van der Waals surface area contributed by atoms with E-state index in [4.69, 9.17) is 5.73 Å². The van der Waals surface area contributed by atoms with Gasteiger partial charge in [0.2, 0.25) is 0 Å². The van der Waals surface area contributed by atoms with Gasteiger partial charge in [-0.25, -0.2) is 0 Å². The van der Waals surface area contributed by atoms with E-state index >= 15 is 0 Å². The average molecular weight is 274 g/mol. The standard InChI is InChI=1S/C19H18N2/c20-13-15-9-10-19(17-7-3-2-6-16(15)17)21-12-11-14-5-1-4-8-18(14)21/h1-10H,11-13,20H2. The quantitative estimate of drug-likeness (QED) is 0.765. The van der Waals surface area contributed by atoms with E-state index in [1.807, 2.05) is 0 Å². The highest BCUT2D eigenvalue weighted by molar-refractivity contribution is 5.98. The van der Waals surface area contributed by atoms with Gasteiger partial charge in [-0.15, -0.1) is 0 Å². The van der Waals surface area contributed by atoms with Crippen molar-refractivity contribution in [2.45, 2.75) is 13.0 Å². The van der Waals surface area contributed by atoms with Crippen molar-refractivity contribution in [2.75, 3.05) is 11.4 Å². The molecule has 0 bridgehead atoms. The fourth-order valence-corrected chi connectivity index (χ4v) is 3.35. The Morgan fingerprint density at radius 2 is 1.57 bits per heavy atom. The summed E-state index contributed by atoms with van der Waals surface area (Å²) in [5.41, 5.74) is 11.1. The number of hydrogen-bond acceptors (Lipinski definition) is 2. The number of nitrogens with two attached hydrogens (primary N) is 1. The second-order valence-electron chi connectivity index (χ2n) is 5.52. The molecule has 0 aliphatic carbocycles. The molecule has 0 amide bonds. The molecule has 0 saturated heterocycles. The summed E-state index contributed by atoms with van der Waals surface area (Å²) in [5, 5.41) is 2.55. The lowest BCUT2D eigenvalue weighted by Crippen LogP contribution is -2.14. The molecule has 104 valence electrons. The molecule has 0 unspecified atom stereocenters. The third kappa shape index (κ3) is 1.91. The third-order valence-electron chi connectivity index (χ3n) is 4.39. The number of fused-ring (bicyclic) bond motifs is 2. The molecule has 1 heterocycles. The lowest BCUT2D eigenvalue weighted by Gasteiger charge is -2.22. The molecular formula is C19H18N2. The van der Waals surface area contributed by atoms with Gasteiger partial charge in [0.25, 0.3) is 0 Å². The highest BCUT2D eigenvalue weighted by Gasteiger charge is 2.21. The summed E-state index contributed by atoms with van der Waals surface area (Å²) < 4.78 is 0. The smallest absolute Gasteiger partial charge is 0.0490 e. The Bertz CT molecular complexity index is 808. The van der Waals surface area contributed by atoms with Gasteiger partial charge < -0.3 is 10.6 Å². The average Bonchev–Trinajstić information content (AvgIpc) is 2.98. The SMILES string of the molecule is NCc1ccc(N2CCc3ccccc32)c2ccccc12. The zero-order valence-electron chi connectivity index (χ0n) is 11.9. The molecule has 0 fully saturated rings. The third-order valence-corrected chi connectivity index (χ3v) is 4.39. The highest BCUT2D eigenvalue weighted by Crippen LogP contribution is 2.38. The van der Waals surface area contributed by atoms with Crippen LogP contribution in [0.5, 0.6) is 0 Å². The summed E-state index contributed by atoms with van der Waals surface area (Å²) >= 11 is 0. The Kier molecular flexibility index (Phi) is 2.90. The Morgan fingerprint density at radius 3 is 2.43 bits per heavy atom. The monoisotopic (exact) mass is 274 g/mol. The molecule has 21 heavy (non-hydrogen) atoms. The van der Waals surface area contributed by atoms with Crippen molar-refractivity contribution in [3.05, 3.63) is 71.8 Å². The minimum absolute atomic E-state index is 0.581. The van der Waals surface area contributed by atoms with Crippen LogP contribution in [0.15, 0.2) is 60.7 Å². The molecule has 3 aromatic rings. The zero-order chi connectivity index (χ0) is 14.2. The molecule has 0 saturated carbocycles. The van der Waals surface area contributed by atoms with Crippen molar-refractivity contribution in [2.24, 2.45) is 5.73 Å². The first-order valence-corrected chi connectivity index (χ1v) is 7.44. The minimum atomic E-state index is 0.581. The van der Waals surface area contributed by atoms with Crippen LogP contribution < -0.4 is 10.6 Å². The van der Waals surface area contributed by atoms with E-state index < -0.39 is 0 Å². The minimum Gasteiger partial charge on any atom is -0.340 e. The van der Waals surface area contributed by atoms with Gasteiger partial charge in [-0.1, -0.05) is 48.5 Å². The Balaban J connectivity index is 1.93. The first-order chi connectivity index (χ1) is 10.4. The van der Waals surface area contributed by atoms with Crippen LogP contribution in [0.3, 0.4) is 0 Å². The normalized spacial score (nSPS) is 13.7. The Labute approximate surface area is 124 Å². The number of hydrogen-bond donors (Lipinski definition) is 1. The molecule has 4 rings (SSSR count). The van der Waals surface area contributed by atoms with Crippen LogP contribution in [0.25, 0.3) is 10.8 Å². The summed E-state index contributed by atoms with van der Waals surface area (Å²) in [6.07, 6.45) is 1.11. The second-order valence-corrected chi connectivity index (χ2v) is 5.52. The maximum Gasteiger partial charge on any atom is 0.0490 e.